The van der Waals surface area contributed by atoms with Crippen molar-refractivity contribution in [2.75, 3.05) is 13.6 Å². The van der Waals surface area contributed by atoms with E-state index in [1.54, 1.807) is 6.20 Å². The summed E-state index contributed by atoms with van der Waals surface area (Å²) in [7, 11) is 2.02. The minimum absolute atomic E-state index is 0.0152. The van der Waals surface area contributed by atoms with Gasteiger partial charge in [0.15, 0.2) is 0 Å². The second-order valence-corrected chi connectivity index (χ2v) is 6.94. The summed E-state index contributed by atoms with van der Waals surface area (Å²) in [5, 5.41) is 9.11. The molecule has 3 heteroatoms. The molecule has 0 spiro atoms. The molecule has 140 valence electrons. The molecule has 0 radical (unpaired) electrons. The first-order chi connectivity index (χ1) is 13.0. The maximum Gasteiger partial charge on any atom is 0.0472 e. The number of nitrogens with zero attached hydrogens (tertiary/aromatic N) is 2. The van der Waals surface area contributed by atoms with Crippen molar-refractivity contribution in [3.8, 4) is 0 Å². The Balaban J connectivity index is 2.45. The number of aliphatic imine (C=N–C) groups is 1. The van der Waals surface area contributed by atoms with E-state index >= 15 is 0 Å². The molecule has 27 heavy (non-hydrogen) atoms. The summed E-state index contributed by atoms with van der Waals surface area (Å²) >= 11 is 0. The highest BCUT2D eigenvalue weighted by Gasteiger charge is 2.27. The summed E-state index contributed by atoms with van der Waals surface area (Å²) in [4.78, 5) is 5.87. The molecule has 0 heterocycles. The largest absolute Gasteiger partial charge is 0.379 e. The number of hydrogen-bond acceptors (Lipinski definition) is 3. The zero-order chi connectivity index (χ0) is 19.8. The van der Waals surface area contributed by atoms with Crippen molar-refractivity contribution in [1.29, 1.82) is 5.41 Å². The summed E-state index contributed by atoms with van der Waals surface area (Å²) in [5.74, 6) is 0.218. The lowest BCUT2D eigenvalue weighted by Crippen LogP contribution is -2.29. The van der Waals surface area contributed by atoms with E-state index < -0.39 is 0 Å². The van der Waals surface area contributed by atoms with Crippen LogP contribution in [0, 0.1) is 18.3 Å². The van der Waals surface area contributed by atoms with Crippen LogP contribution in [0.15, 0.2) is 72.5 Å². The lowest BCUT2D eigenvalue weighted by atomic mass is 9.78. The summed E-state index contributed by atoms with van der Waals surface area (Å²) in [6, 6.07) is 16.4. The molecule has 0 fully saturated rings. The molecule has 0 amide bonds. The number of aryl methyl sites for hydroxylation is 1. The van der Waals surface area contributed by atoms with Gasteiger partial charge in [-0.15, -0.1) is 0 Å². The van der Waals surface area contributed by atoms with Crippen LogP contribution >= 0.6 is 0 Å². The van der Waals surface area contributed by atoms with Gasteiger partial charge in [0.2, 0.25) is 0 Å². The standard InChI is InChI=1S/C24H29N3/c1-6-20-14-10-11-18(2)22(20)24(25)23(21-12-8-7-9-13-21)19(3)17-27(5)16-15-26-4/h6-16,19,23,25H,1,4,17H2,2-3,5H3/b16-15-,25-24?. The molecular weight excluding hydrogens is 330 g/mol. The van der Waals surface area contributed by atoms with Crippen molar-refractivity contribution in [3.05, 3.63) is 89.8 Å². The van der Waals surface area contributed by atoms with Gasteiger partial charge < -0.3 is 10.3 Å². The lowest BCUT2D eigenvalue weighted by Gasteiger charge is -2.30. The molecule has 2 unspecified atom stereocenters. The maximum atomic E-state index is 9.11. The molecule has 0 bridgehead atoms. The van der Waals surface area contributed by atoms with E-state index in [0.717, 1.165) is 28.8 Å². The van der Waals surface area contributed by atoms with Crippen molar-refractivity contribution in [2.45, 2.75) is 19.8 Å². The Morgan fingerprint density at radius 3 is 2.52 bits per heavy atom. The third-order valence-corrected chi connectivity index (χ3v) is 4.84. The first kappa shape index (κ1) is 20.4. The monoisotopic (exact) mass is 359 g/mol. The van der Waals surface area contributed by atoms with E-state index in [0.29, 0.717) is 5.71 Å². The highest BCUT2D eigenvalue weighted by Crippen LogP contribution is 2.32. The van der Waals surface area contributed by atoms with Gasteiger partial charge in [0.1, 0.15) is 0 Å². The Hall–Kier alpha value is -2.94. The fourth-order valence-corrected chi connectivity index (χ4v) is 3.61. The molecule has 3 nitrogen and oxygen atoms in total. The predicted molar refractivity (Wildman–Crippen MR) is 118 cm³/mol. The molecule has 1 N–H and O–H groups in total. The average Bonchev–Trinajstić information content (AvgIpc) is 2.66. The van der Waals surface area contributed by atoms with Gasteiger partial charge in [-0.05, 0) is 36.2 Å². The van der Waals surface area contributed by atoms with Crippen LogP contribution in [0.4, 0.5) is 0 Å². The third-order valence-electron chi connectivity index (χ3n) is 4.84. The second-order valence-electron chi connectivity index (χ2n) is 6.94. The van der Waals surface area contributed by atoms with Crippen molar-refractivity contribution in [2.24, 2.45) is 10.9 Å². The van der Waals surface area contributed by atoms with Gasteiger partial charge in [0.05, 0.1) is 0 Å². The highest BCUT2D eigenvalue weighted by atomic mass is 15.1. The normalized spacial score (nSPS) is 13.1. The maximum absolute atomic E-state index is 9.11. The van der Waals surface area contributed by atoms with Gasteiger partial charge in [-0.25, -0.2) is 0 Å². The molecule has 0 aliphatic heterocycles. The summed E-state index contributed by atoms with van der Waals surface area (Å²) in [6.45, 7) is 12.5. The summed E-state index contributed by atoms with van der Waals surface area (Å²) in [5.41, 5.74) is 4.90. The van der Waals surface area contributed by atoms with E-state index in [1.165, 1.54) is 0 Å². The number of rotatable bonds is 9. The summed E-state index contributed by atoms with van der Waals surface area (Å²) < 4.78 is 0. The molecule has 0 aliphatic rings. The van der Waals surface area contributed by atoms with Crippen molar-refractivity contribution in [3.63, 3.8) is 0 Å². The molecule has 2 aromatic rings. The first-order valence-electron chi connectivity index (χ1n) is 9.18. The molecule has 0 saturated heterocycles. The van der Waals surface area contributed by atoms with Crippen LogP contribution in [0.2, 0.25) is 0 Å². The fraction of sp³-hybridized carbons (Fsp3) is 0.250. The van der Waals surface area contributed by atoms with Gasteiger partial charge in [-0.1, -0.05) is 68.1 Å². The fourth-order valence-electron chi connectivity index (χ4n) is 3.61. The van der Waals surface area contributed by atoms with E-state index in [9.17, 15) is 0 Å². The van der Waals surface area contributed by atoms with E-state index in [-0.39, 0.29) is 11.8 Å². The van der Waals surface area contributed by atoms with Gasteiger partial charge in [-0.2, -0.15) is 0 Å². The molecular formula is C24H29N3. The van der Waals surface area contributed by atoms with Crippen LogP contribution in [0.25, 0.3) is 6.08 Å². The van der Waals surface area contributed by atoms with Gasteiger partial charge in [0.25, 0.3) is 0 Å². The highest BCUT2D eigenvalue weighted by molar-refractivity contribution is 6.06. The van der Waals surface area contributed by atoms with Gasteiger partial charge in [-0.3, -0.25) is 4.99 Å². The van der Waals surface area contributed by atoms with E-state index in [1.807, 2.05) is 49.7 Å². The van der Waals surface area contributed by atoms with E-state index in [2.05, 4.69) is 55.2 Å². The molecule has 0 aliphatic carbocycles. The predicted octanol–water partition coefficient (Wildman–Crippen LogP) is 5.53. The summed E-state index contributed by atoms with van der Waals surface area (Å²) in [6.07, 6.45) is 5.44. The minimum Gasteiger partial charge on any atom is -0.379 e. The van der Waals surface area contributed by atoms with Crippen molar-refractivity contribution < 1.29 is 0 Å². The molecule has 2 atom stereocenters. The molecule has 0 saturated carbocycles. The van der Waals surface area contributed by atoms with Crippen LogP contribution in [-0.4, -0.2) is 30.9 Å². The average molecular weight is 360 g/mol. The second kappa shape index (κ2) is 9.67. The van der Waals surface area contributed by atoms with Gasteiger partial charge in [0, 0.05) is 43.2 Å². The quantitative estimate of drug-likeness (QED) is 0.588. The van der Waals surface area contributed by atoms with Crippen LogP contribution in [0.1, 0.15) is 35.1 Å². The van der Waals surface area contributed by atoms with Crippen LogP contribution < -0.4 is 0 Å². The Bertz CT molecular complexity index is 821. The molecule has 0 aromatic heterocycles. The Labute approximate surface area is 163 Å². The van der Waals surface area contributed by atoms with Crippen LogP contribution in [0.5, 0.6) is 0 Å². The molecule has 2 aromatic carbocycles. The Morgan fingerprint density at radius 1 is 1.19 bits per heavy atom. The van der Waals surface area contributed by atoms with Gasteiger partial charge >= 0.3 is 0 Å². The number of nitrogens with one attached hydrogen (secondary N) is 1. The Kier molecular flexibility index (Phi) is 7.30. The van der Waals surface area contributed by atoms with Crippen LogP contribution in [-0.2, 0) is 0 Å². The zero-order valence-corrected chi connectivity index (χ0v) is 16.5. The molecule has 2 rings (SSSR count). The lowest BCUT2D eigenvalue weighted by molar-refractivity contribution is 0.359. The van der Waals surface area contributed by atoms with Crippen LogP contribution in [0.3, 0.4) is 0 Å². The topological polar surface area (TPSA) is 39.5 Å². The third kappa shape index (κ3) is 5.04. The Morgan fingerprint density at radius 2 is 1.89 bits per heavy atom. The van der Waals surface area contributed by atoms with E-state index in [4.69, 9.17) is 5.41 Å². The zero-order valence-electron chi connectivity index (χ0n) is 16.5. The number of benzene rings is 2. The first-order valence-corrected chi connectivity index (χ1v) is 9.18. The van der Waals surface area contributed by atoms with Crippen molar-refractivity contribution >= 4 is 18.5 Å². The SMILES string of the molecule is C=Cc1cccc(C)c1C(=N)C(c1ccccc1)C(C)CN(C)/C=C\N=C. The number of hydrogen-bond donors (Lipinski definition) is 1. The smallest absolute Gasteiger partial charge is 0.0472 e. The minimum atomic E-state index is -0.0152. The van der Waals surface area contributed by atoms with Crippen molar-refractivity contribution in [1.82, 2.24) is 4.90 Å².